The highest BCUT2D eigenvalue weighted by atomic mass is 79.9. The van der Waals surface area contributed by atoms with Crippen molar-refractivity contribution in [3.63, 3.8) is 0 Å². The minimum absolute atomic E-state index is 0.555. The van der Waals surface area contributed by atoms with Gasteiger partial charge < -0.3 is 14.6 Å². The van der Waals surface area contributed by atoms with Crippen LogP contribution in [-0.4, -0.2) is 18.3 Å². The summed E-state index contributed by atoms with van der Waals surface area (Å²) in [5.74, 6) is 1.48. The Hall–Kier alpha value is -0.740. The lowest BCUT2D eigenvalue weighted by atomic mass is 9.95. The molecule has 0 saturated heterocycles. The van der Waals surface area contributed by atoms with Crippen LogP contribution < -0.4 is 9.47 Å². The van der Waals surface area contributed by atoms with E-state index >= 15 is 0 Å². The van der Waals surface area contributed by atoms with E-state index < -0.39 is 5.60 Å². The molecule has 1 aliphatic rings. The first-order valence-electron chi connectivity index (χ1n) is 5.23. The van der Waals surface area contributed by atoms with Crippen LogP contribution >= 0.6 is 15.9 Å². The van der Waals surface area contributed by atoms with E-state index in [9.17, 15) is 5.11 Å². The van der Waals surface area contributed by atoms with Gasteiger partial charge in [0.05, 0.1) is 5.60 Å². The zero-order valence-corrected chi connectivity index (χ0v) is 11.2. The molecule has 0 radical (unpaired) electrons. The number of rotatable bonds is 1. The van der Waals surface area contributed by atoms with Crippen molar-refractivity contribution in [3.8, 4) is 11.5 Å². The average Bonchev–Trinajstić information content (AvgIpc) is 2.22. The molecule has 0 saturated carbocycles. The first-order valence-corrected chi connectivity index (χ1v) is 6.02. The molecule has 4 heteroatoms. The van der Waals surface area contributed by atoms with Crippen LogP contribution in [0.4, 0.5) is 0 Å². The third-order valence-corrected chi connectivity index (χ3v) is 3.67. The van der Waals surface area contributed by atoms with E-state index in [1.54, 1.807) is 13.8 Å². The summed E-state index contributed by atoms with van der Waals surface area (Å²) in [5, 5.41) is 10.1. The minimum Gasteiger partial charge on any atom is -0.486 e. The number of hydrogen-bond donors (Lipinski definition) is 1. The topological polar surface area (TPSA) is 38.7 Å². The highest BCUT2D eigenvalue weighted by Crippen LogP contribution is 2.43. The Morgan fingerprint density at radius 3 is 2.56 bits per heavy atom. The Labute approximate surface area is 104 Å². The van der Waals surface area contributed by atoms with Crippen LogP contribution in [0.2, 0.25) is 0 Å². The lowest BCUT2D eigenvalue weighted by molar-refractivity contribution is 0.0767. The van der Waals surface area contributed by atoms with Crippen LogP contribution in [0.15, 0.2) is 10.5 Å². The standard InChI is InChI=1S/C12H15BrO3/c1-7-10(13)8(12(2,3)14)6-9-11(7)16-5-4-15-9/h6,14H,4-5H2,1-3H3. The van der Waals surface area contributed by atoms with E-state index in [0.717, 1.165) is 21.3 Å². The van der Waals surface area contributed by atoms with E-state index in [-0.39, 0.29) is 0 Å². The van der Waals surface area contributed by atoms with Crippen LogP contribution in [0.1, 0.15) is 25.0 Å². The number of fused-ring (bicyclic) bond motifs is 1. The molecule has 0 aromatic heterocycles. The molecule has 1 aromatic rings. The van der Waals surface area contributed by atoms with Crippen LogP contribution in [0.5, 0.6) is 11.5 Å². The van der Waals surface area contributed by atoms with E-state index in [0.29, 0.717) is 19.0 Å². The predicted molar refractivity (Wildman–Crippen MR) is 65.1 cm³/mol. The highest BCUT2D eigenvalue weighted by molar-refractivity contribution is 9.10. The number of ether oxygens (including phenoxy) is 2. The van der Waals surface area contributed by atoms with Gasteiger partial charge in [0.2, 0.25) is 0 Å². The van der Waals surface area contributed by atoms with Crippen molar-refractivity contribution in [2.45, 2.75) is 26.4 Å². The summed E-state index contributed by atoms with van der Waals surface area (Å²) >= 11 is 3.50. The molecule has 1 heterocycles. The summed E-state index contributed by atoms with van der Waals surface area (Å²) in [6, 6.07) is 1.84. The smallest absolute Gasteiger partial charge is 0.165 e. The van der Waals surface area contributed by atoms with Gasteiger partial charge in [0.25, 0.3) is 0 Å². The normalized spacial score (nSPS) is 15.1. The molecule has 1 aliphatic heterocycles. The molecule has 88 valence electrons. The second-order valence-corrected chi connectivity index (χ2v) is 5.24. The Kier molecular flexibility index (Phi) is 2.88. The molecule has 0 bridgehead atoms. The largest absolute Gasteiger partial charge is 0.486 e. The lowest BCUT2D eigenvalue weighted by Gasteiger charge is -2.26. The molecule has 2 rings (SSSR count). The van der Waals surface area contributed by atoms with Gasteiger partial charge in [-0.05, 0) is 42.8 Å². The third-order valence-electron chi connectivity index (χ3n) is 2.65. The summed E-state index contributed by atoms with van der Waals surface area (Å²) in [4.78, 5) is 0. The van der Waals surface area contributed by atoms with Crippen LogP contribution in [0.25, 0.3) is 0 Å². The highest BCUT2D eigenvalue weighted by Gasteiger charge is 2.26. The Balaban J connectivity index is 2.62. The molecule has 0 fully saturated rings. The molecule has 3 nitrogen and oxygen atoms in total. The van der Waals surface area contributed by atoms with Gasteiger partial charge in [-0.1, -0.05) is 0 Å². The quantitative estimate of drug-likeness (QED) is 0.863. The SMILES string of the molecule is Cc1c(Br)c(C(C)(C)O)cc2c1OCCO2. The lowest BCUT2D eigenvalue weighted by Crippen LogP contribution is -2.20. The van der Waals surface area contributed by atoms with Crippen molar-refractivity contribution < 1.29 is 14.6 Å². The number of aliphatic hydroxyl groups is 1. The molecular weight excluding hydrogens is 272 g/mol. The molecule has 1 N–H and O–H groups in total. The molecule has 0 unspecified atom stereocenters. The van der Waals surface area contributed by atoms with E-state index in [2.05, 4.69) is 15.9 Å². The van der Waals surface area contributed by atoms with E-state index in [1.165, 1.54) is 0 Å². The van der Waals surface area contributed by atoms with Crippen LogP contribution in [0, 0.1) is 6.92 Å². The number of hydrogen-bond acceptors (Lipinski definition) is 3. The zero-order valence-electron chi connectivity index (χ0n) is 9.63. The second kappa shape index (κ2) is 3.93. The monoisotopic (exact) mass is 286 g/mol. The van der Waals surface area contributed by atoms with Crippen molar-refractivity contribution in [1.29, 1.82) is 0 Å². The summed E-state index contributed by atoms with van der Waals surface area (Å²) in [7, 11) is 0. The van der Waals surface area contributed by atoms with Gasteiger partial charge in [0.1, 0.15) is 13.2 Å². The van der Waals surface area contributed by atoms with Crippen LogP contribution in [0.3, 0.4) is 0 Å². The minimum atomic E-state index is -0.903. The zero-order chi connectivity index (χ0) is 11.9. The Bertz CT molecular complexity index is 421. The van der Waals surface area contributed by atoms with Crippen molar-refractivity contribution in [1.82, 2.24) is 0 Å². The first kappa shape index (κ1) is 11.7. The number of benzene rings is 1. The van der Waals surface area contributed by atoms with Crippen molar-refractivity contribution >= 4 is 15.9 Å². The van der Waals surface area contributed by atoms with Gasteiger partial charge in [-0.25, -0.2) is 0 Å². The molecule has 0 aliphatic carbocycles. The molecular formula is C12H15BrO3. The van der Waals surface area contributed by atoms with Crippen molar-refractivity contribution in [3.05, 3.63) is 21.7 Å². The van der Waals surface area contributed by atoms with Gasteiger partial charge in [-0.3, -0.25) is 0 Å². The molecule has 1 aromatic carbocycles. The maximum Gasteiger partial charge on any atom is 0.165 e. The maximum atomic E-state index is 10.1. The summed E-state index contributed by atoms with van der Waals surface area (Å²) < 4.78 is 12.0. The molecule has 0 atom stereocenters. The molecule has 16 heavy (non-hydrogen) atoms. The van der Waals surface area contributed by atoms with Crippen molar-refractivity contribution in [2.75, 3.05) is 13.2 Å². The molecule has 0 spiro atoms. The van der Waals surface area contributed by atoms with Crippen LogP contribution in [-0.2, 0) is 5.60 Å². The van der Waals surface area contributed by atoms with Gasteiger partial charge in [-0.15, -0.1) is 0 Å². The Morgan fingerprint density at radius 2 is 1.94 bits per heavy atom. The fourth-order valence-corrected chi connectivity index (χ4v) is 2.55. The Morgan fingerprint density at radius 1 is 1.31 bits per heavy atom. The molecule has 0 amide bonds. The maximum absolute atomic E-state index is 10.1. The van der Waals surface area contributed by atoms with Gasteiger partial charge in [-0.2, -0.15) is 0 Å². The number of halogens is 1. The summed E-state index contributed by atoms with van der Waals surface area (Å²) in [6.07, 6.45) is 0. The average molecular weight is 287 g/mol. The van der Waals surface area contributed by atoms with Gasteiger partial charge >= 0.3 is 0 Å². The van der Waals surface area contributed by atoms with Gasteiger partial charge in [0.15, 0.2) is 11.5 Å². The first-order chi connectivity index (χ1) is 7.41. The predicted octanol–water partition coefficient (Wildman–Crippen LogP) is 2.76. The summed E-state index contributed by atoms with van der Waals surface area (Å²) in [6.45, 7) is 6.58. The van der Waals surface area contributed by atoms with E-state index in [4.69, 9.17) is 9.47 Å². The van der Waals surface area contributed by atoms with Gasteiger partial charge in [0, 0.05) is 15.6 Å². The van der Waals surface area contributed by atoms with E-state index in [1.807, 2.05) is 13.0 Å². The second-order valence-electron chi connectivity index (χ2n) is 4.45. The third kappa shape index (κ3) is 1.92. The summed E-state index contributed by atoms with van der Waals surface area (Å²) in [5.41, 5.74) is 0.878. The fraction of sp³-hybridized carbons (Fsp3) is 0.500. The fourth-order valence-electron chi connectivity index (χ4n) is 1.77. The van der Waals surface area contributed by atoms with Crippen molar-refractivity contribution in [2.24, 2.45) is 0 Å².